The van der Waals surface area contributed by atoms with Crippen LogP contribution in [0, 0.1) is 17.2 Å². The number of carboxylic acids is 1. The minimum atomic E-state index is -0.772. The highest BCUT2D eigenvalue weighted by molar-refractivity contribution is 5.96. The van der Waals surface area contributed by atoms with Crippen molar-refractivity contribution in [1.82, 2.24) is 4.57 Å². The van der Waals surface area contributed by atoms with Crippen LogP contribution in [0.2, 0.25) is 0 Å². The molecule has 0 bridgehead atoms. The van der Waals surface area contributed by atoms with Crippen LogP contribution in [-0.4, -0.2) is 41.8 Å². The zero-order valence-corrected chi connectivity index (χ0v) is 14.9. The number of nitrogens with two attached hydrogens (primary N) is 1. The van der Waals surface area contributed by atoms with Crippen LogP contribution in [0.1, 0.15) is 28.9 Å². The maximum Gasteiger partial charge on any atom is 0.357 e. The fourth-order valence-corrected chi connectivity index (χ4v) is 3.36. The van der Waals surface area contributed by atoms with E-state index in [1.807, 2.05) is 23.1 Å². The van der Waals surface area contributed by atoms with Crippen LogP contribution in [0.4, 0.5) is 11.4 Å². The van der Waals surface area contributed by atoms with E-state index in [-0.39, 0.29) is 22.9 Å². The SMILES string of the molecule is COC(=O)c1c(N)c(C#N)cn1-c1ccc(N2CCCC(C(=O)O)C2)cc1. The number of esters is 1. The van der Waals surface area contributed by atoms with Gasteiger partial charge in [0, 0.05) is 30.7 Å². The van der Waals surface area contributed by atoms with Crippen molar-refractivity contribution in [3.05, 3.63) is 41.7 Å². The van der Waals surface area contributed by atoms with Crippen LogP contribution < -0.4 is 10.6 Å². The molecule has 8 heteroatoms. The van der Waals surface area contributed by atoms with Gasteiger partial charge in [0.15, 0.2) is 5.69 Å². The van der Waals surface area contributed by atoms with E-state index in [1.54, 1.807) is 12.1 Å². The summed E-state index contributed by atoms with van der Waals surface area (Å²) in [5, 5.41) is 18.4. The van der Waals surface area contributed by atoms with E-state index in [9.17, 15) is 20.0 Å². The van der Waals surface area contributed by atoms with Gasteiger partial charge in [-0.1, -0.05) is 0 Å². The lowest BCUT2D eigenvalue weighted by Gasteiger charge is -2.32. The molecule has 1 aliphatic heterocycles. The molecule has 3 N–H and O–H groups in total. The summed E-state index contributed by atoms with van der Waals surface area (Å²) in [4.78, 5) is 25.4. The number of carbonyl (C=O) groups is 2. The fraction of sp³-hybridized carbons (Fsp3) is 0.316. The Morgan fingerprint density at radius 1 is 1.30 bits per heavy atom. The monoisotopic (exact) mass is 368 g/mol. The molecule has 1 fully saturated rings. The molecular formula is C19H20N4O4. The average Bonchev–Trinajstić information content (AvgIpc) is 3.04. The number of hydrogen-bond donors (Lipinski definition) is 2. The molecule has 8 nitrogen and oxygen atoms in total. The summed E-state index contributed by atoms with van der Waals surface area (Å²) in [6.07, 6.45) is 3.01. The number of rotatable bonds is 4. The first kappa shape index (κ1) is 18.3. The number of aromatic nitrogens is 1. The van der Waals surface area contributed by atoms with Crippen LogP contribution in [0.25, 0.3) is 5.69 Å². The Morgan fingerprint density at radius 2 is 1.96 bits per heavy atom. The van der Waals surface area contributed by atoms with Gasteiger partial charge in [-0.05, 0) is 37.1 Å². The average molecular weight is 368 g/mol. The molecule has 0 aliphatic carbocycles. The number of piperidine rings is 1. The topological polar surface area (TPSA) is 122 Å². The maximum atomic E-state index is 12.1. The van der Waals surface area contributed by atoms with Crippen LogP contribution in [0.15, 0.2) is 30.5 Å². The first-order chi connectivity index (χ1) is 13.0. The number of methoxy groups -OCH3 is 1. The van der Waals surface area contributed by atoms with Gasteiger partial charge in [0.05, 0.1) is 24.3 Å². The number of nitrogen functional groups attached to an aromatic ring is 1. The van der Waals surface area contributed by atoms with E-state index in [2.05, 4.69) is 0 Å². The third-order valence-corrected chi connectivity index (χ3v) is 4.81. The number of anilines is 2. The molecule has 140 valence electrons. The van der Waals surface area contributed by atoms with Gasteiger partial charge < -0.3 is 25.0 Å². The predicted molar refractivity (Wildman–Crippen MR) is 98.8 cm³/mol. The fourth-order valence-electron chi connectivity index (χ4n) is 3.36. The summed E-state index contributed by atoms with van der Waals surface area (Å²) in [5.74, 6) is -1.77. The number of carbonyl (C=O) groups excluding carboxylic acids is 1. The molecule has 1 atom stereocenters. The summed E-state index contributed by atoms with van der Waals surface area (Å²) >= 11 is 0. The number of hydrogen-bond acceptors (Lipinski definition) is 6. The quantitative estimate of drug-likeness (QED) is 0.792. The van der Waals surface area contributed by atoms with Crippen LogP contribution in [-0.2, 0) is 9.53 Å². The molecule has 2 aromatic rings. The van der Waals surface area contributed by atoms with Crippen molar-refractivity contribution in [1.29, 1.82) is 5.26 Å². The Bertz CT molecular complexity index is 911. The molecule has 0 saturated carbocycles. The number of nitrogens with zero attached hydrogens (tertiary/aromatic N) is 3. The molecule has 27 heavy (non-hydrogen) atoms. The first-order valence-electron chi connectivity index (χ1n) is 8.53. The molecule has 0 spiro atoms. The van der Waals surface area contributed by atoms with Crippen molar-refractivity contribution in [3.63, 3.8) is 0 Å². The minimum absolute atomic E-state index is 0.0776. The molecule has 1 aliphatic rings. The van der Waals surface area contributed by atoms with Gasteiger partial charge in [-0.2, -0.15) is 5.26 Å². The second-order valence-corrected chi connectivity index (χ2v) is 6.42. The summed E-state index contributed by atoms with van der Waals surface area (Å²) in [6, 6.07) is 9.29. The van der Waals surface area contributed by atoms with Gasteiger partial charge in [0.1, 0.15) is 6.07 Å². The van der Waals surface area contributed by atoms with Gasteiger partial charge in [0.2, 0.25) is 0 Å². The third-order valence-electron chi connectivity index (χ3n) is 4.81. The van der Waals surface area contributed by atoms with Crippen LogP contribution >= 0.6 is 0 Å². The first-order valence-corrected chi connectivity index (χ1v) is 8.53. The standard InChI is InChI=1S/C19H20N4O4/c1-27-19(26)17-16(21)13(9-20)11-23(17)15-6-4-14(5-7-15)22-8-2-3-12(10-22)18(24)25/h4-7,11-12H,2-3,8,10,21H2,1H3,(H,24,25). The van der Waals surface area contributed by atoms with Crippen molar-refractivity contribution in [2.45, 2.75) is 12.8 Å². The highest BCUT2D eigenvalue weighted by Gasteiger charge is 2.26. The highest BCUT2D eigenvalue weighted by Crippen LogP contribution is 2.28. The van der Waals surface area contributed by atoms with E-state index in [0.717, 1.165) is 18.7 Å². The Kier molecular flexibility index (Phi) is 5.03. The molecular weight excluding hydrogens is 348 g/mol. The second-order valence-electron chi connectivity index (χ2n) is 6.42. The zero-order chi connectivity index (χ0) is 19.6. The van der Waals surface area contributed by atoms with Gasteiger partial charge in [-0.15, -0.1) is 0 Å². The molecule has 1 saturated heterocycles. The molecule has 1 unspecified atom stereocenters. The maximum absolute atomic E-state index is 12.1. The van der Waals surface area contributed by atoms with Gasteiger partial charge >= 0.3 is 11.9 Å². The molecule has 0 radical (unpaired) electrons. The Morgan fingerprint density at radius 3 is 2.56 bits per heavy atom. The van der Waals surface area contributed by atoms with Gasteiger partial charge in [0.25, 0.3) is 0 Å². The van der Waals surface area contributed by atoms with Crippen LogP contribution in [0.3, 0.4) is 0 Å². The van der Waals surface area contributed by atoms with Crippen molar-refractivity contribution in [2.24, 2.45) is 5.92 Å². The molecule has 2 heterocycles. The number of ether oxygens (including phenoxy) is 1. The Hall–Kier alpha value is -3.47. The smallest absolute Gasteiger partial charge is 0.357 e. The molecule has 3 rings (SSSR count). The highest BCUT2D eigenvalue weighted by atomic mass is 16.5. The van der Waals surface area contributed by atoms with E-state index in [0.29, 0.717) is 18.7 Å². The summed E-state index contributed by atoms with van der Waals surface area (Å²) in [7, 11) is 1.25. The molecule has 1 aromatic carbocycles. The summed E-state index contributed by atoms with van der Waals surface area (Å²) in [5.41, 5.74) is 7.84. The Balaban J connectivity index is 1.91. The lowest BCUT2D eigenvalue weighted by atomic mass is 9.98. The summed E-state index contributed by atoms with van der Waals surface area (Å²) < 4.78 is 6.30. The third kappa shape index (κ3) is 3.44. The number of carboxylic acid groups (broad SMARTS) is 1. The lowest BCUT2D eigenvalue weighted by molar-refractivity contribution is -0.141. The Labute approximate surface area is 156 Å². The second kappa shape index (κ2) is 7.41. The van der Waals surface area contributed by atoms with E-state index < -0.39 is 11.9 Å². The molecule has 1 aromatic heterocycles. The normalized spacial score (nSPS) is 16.6. The van der Waals surface area contributed by atoms with Gasteiger partial charge in [-0.25, -0.2) is 4.79 Å². The number of aliphatic carboxylic acids is 1. The van der Waals surface area contributed by atoms with E-state index >= 15 is 0 Å². The predicted octanol–water partition coefficient (Wildman–Crippen LogP) is 2.02. The van der Waals surface area contributed by atoms with Gasteiger partial charge in [-0.3, -0.25) is 4.79 Å². The summed E-state index contributed by atoms with van der Waals surface area (Å²) in [6.45, 7) is 1.27. The van der Waals surface area contributed by atoms with E-state index in [4.69, 9.17) is 10.5 Å². The molecule has 0 amide bonds. The van der Waals surface area contributed by atoms with Crippen molar-refractivity contribution in [2.75, 3.05) is 30.8 Å². The van der Waals surface area contributed by atoms with Crippen LogP contribution in [0.5, 0.6) is 0 Å². The number of benzene rings is 1. The van der Waals surface area contributed by atoms with E-state index in [1.165, 1.54) is 17.9 Å². The van der Waals surface area contributed by atoms with Crippen molar-refractivity contribution < 1.29 is 19.4 Å². The number of nitriles is 1. The zero-order valence-electron chi connectivity index (χ0n) is 14.9. The van der Waals surface area contributed by atoms with Crippen molar-refractivity contribution in [3.8, 4) is 11.8 Å². The largest absolute Gasteiger partial charge is 0.481 e. The minimum Gasteiger partial charge on any atom is -0.481 e. The lowest BCUT2D eigenvalue weighted by Crippen LogP contribution is -2.38. The van der Waals surface area contributed by atoms with Crippen molar-refractivity contribution >= 4 is 23.3 Å².